The van der Waals surface area contributed by atoms with E-state index in [9.17, 15) is 9.59 Å². The number of hydrogen-bond donors (Lipinski definition) is 2. The highest BCUT2D eigenvalue weighted by Crippen LogP contribution is 2.35. The number of hydrogen-bond acceptors (Lipinski definition) is 2. The van der Waals surface area contributed by atoms with Crippen LogP contribution in [-0.4, -0.2) is 16.5 Å². The van der Waals surface area contributed by atoms with E-state index in [2.05, 4.69) is 10.6 Å². The van der Waals surface area contributed by atoms with Crippen LogP contribution in [0.1, 0.15) is 10.4 Å². The van der Waals surface area contributed by atoms with E-state index in [0.29, 0.717) is 15.7 Å². The van der Waals surface area contributed by atoms with Crippen LogP contribution in [0.25, 0.3) is 5.69 Å². The van der Waals surface area contributed by atoms with E-state index in [1.165, 1.54) is 18.2 Å². The number of halogens is 5. The molecule has 0 atom stereocenters. The summed E-state index contributed by atoms with van der Waals surface area (Å²) in [5.41, 5.74) is 0.898. The van der Waals surface area contributed by atoms with E-state index >= 15 is 0 Å². The van der Waals surface area contributed by atoms with Gasteiger partial charge in [0.05, 0.1) is 36.4 Å². The third kappa shape index (κ3) is 4.57. The molecule has 0 radical (unpaired) electrons. The minimum Gasteiger partial charge on any atom is -0.318 e. The fraction of sp³-hybridized carbons (Fsp3) is 0. The van der Waals surface area contributed by atoms with E-state index in [1.807, 2.05) is 0 Å². The molecule has 5 nitrogen and oxygen atoms in total. The number of rotatable bonds is 3. The predicted octanol–water partition coefficient (Wildman–Crippen LogP) is 6.71. The van der Waals surface area contributed by atoms with Gasteiger partial charge in [0.1, 0.15) is 0 Å². The molecule has 0 spiro atoms. The Hall–Kier alpha value is -1.89. The second-order valence-electron chi connectivity index (χ2n) is 5.54. The number of urea groups is 1. The Labute approximate surface area is 185 Å². The van der Waals surface area contributed by atoms with Crippen LogP contribution in [0.3, 0.4) is 0 Å². The first-order valence-electron chi connectivity index (χ1n) is 7.65. The van der Waals surface area contributed by atoms with Gasteiger partial charge in [0.2, 0.25) is 0 Å². The molecule has 3 rings (SSSR count). The van der Waals surface area contributed by atoms with Gasteiger partial charge in [0.25, 0.3) is 5.91 Å². The molecular weight excluding hydrogens is 467 g/mol. The molecule has 2 N–H and O–H groups in total. The van der Waals surface area contributed by atoms with Crippen molar-refractivity contribution >= 4 is 75.6 Å². The smallest absolute Gasteiger partial charge is 0.318 e. The quantitative estimate of drug-likeness (QED) is 0.441. The first kappa shape index (κ1) is 20.8. The van der Waals surface area contributed by atoms with Crippen molar-refractivity contribution in [1.82, 2.24) is 9.88 Å². The van der Waals surface area contributed by atoms with Crippen molar-refractivity contribution in [2.75, 3.05) is 5.32 Å². The van der Waals surface area contributed by atoms with E-state index in [4.69, 9.17) is 58.0 Å². The number of amides is 3. The van der Waals surface area contributed by atoms with Gasteiger partial charge in [-0.05, 0) is 24.3 Å². The number of carbonyl (C=O) groups is 2. The van der Waals surface area contributed by atoms with Crippen LogP contribution in [0.15, 0.2) is 48.8 Å². The Morgan fingerprint density at radius 3 is 1.93 bits per heavy atom. The molecule has 0 saturated heterocycles. The summed E-state index contributed by atoms with van der Waals surface area (Å²) in [6.07, 6.45) is 3.11. The zero-order valence-electron chi connectivity index (χ0n) is 13.8. The lowest BCUT2D eigenvalue weighted by molar-refractivity contribution is 0.0967. The Morgan fingerprint density at radius 1 is 0.786 bits per heavy atom. The molecule has 1 aromatic heterocycles. The number of nitrogens with one attached hydrogen (secondary N) is 2. The second-order valence-corrected chi connectivity index (χ2v) is 7.57. The summed E-state index contributed by atoms with van der Waals surface area (Å²) < 4.78 is 1.57. The third-order valence-electron chi connectivity index (χ3n) is 3.61. The zero-order chi connectivity index (χ0) is 20.4. The highest BCUT2D eigenvalue weighted by molar-refractivity contribution is 6.42. The molecule has 28 heavy (non-hydrogen) atoms. The highest BCUT2D eigenvalue weighted by atomic mass is 35.5. The lowest BCUT2D eigenvalue weighted by Gasteiger charge is -2.12. The molecule has 1 heterocycles. The Kier molecular flexibility index (Phi) is 6.43. The Balaban J connectivity index is 1.77. The van der Waals surface area contributed by atoms with Gasteiger partial charge in [-0.3, -0.25) is 10.1 Å². The van der Waals surface area contributed by atoms with Gasteiger partial charge in [-0.15, -0.1) is 0 Å². The van der Waals surface area contributed by atoms with Crippen LogP contribution in [0.5, 0.6) is 0 Å². The summed E-state index contributed by atoms with van der Waals surface area (Å²) in [6, 6.07) is 8.55. The summed E-state index contributed by atoms with van der Waals surface area (Å²) in [5.74, 6) is -0.645. The fourth-order valence-electron chi connectivity index (χ4n) is 2.40. The van der Waals surface area contributed by atoms with Crippen molar-refractivity contribution in [2.45, 2.75) is 0 Å². The van der Waals surface area contributed by atoms with Crippen LogP contribution in [0, 0.1) is 0 Å². The number of imide groups is 1. The zero-order valence-corrected chi connectivity index (χ0v) is 17.6. The fourth-order valence-corrected chi connectivity index (χ4v) is 3.61. The lowest BCUT2D eigenvalue weighted by Crippen LogP contribution is -2.34. The average Bonchev–Trinajstić information content (AvgIpc) is 2.92. The van der Waals surface area contributed by atoms with Gasteiger partial charge in [-0.25, -0.2) is 4.79 Å². The highest BCUT2D eigenvalue weighted by Gasteiger charge is 2.16. The third-order valence-corrected chi connectivity index (χ3v) is 5.22. The Morgan fingerprint density at radius 2 is 1.36 bits per heavy atom. The molecule has 0 saturated carbocycles. The van der Waals surface area contributed by atoms with Gasteiger partial charge in [0, 0.05) is 18.1 Å². The number of carbonyl (C=O) groups excluding carboxylic acids is 2. The molecule has 0 aliphatic heterocycles. The van der Waals surface area contributed by atoms with Gasteiger partial charge in [-0.2, -0.15) is 0 Å². The monoisotopic (exact) mass is 475 g/mol. The van der Waals surface area contributed by atoms with Crippen molar-refractivity contribution < 1.29 is 9.59 Å². The van der Waals surface area contributed by atoms with Crippen LogP contribution < -0.4 is 10.6 Å². The molecule has 144 valence electrons. The van der Waals surface area contributed by atoms with E-state index < -0.39 is 11.9 Å². The van der Waals surface area contributed by atoms with Crippen molar-refractivity contribution in [3.8, 4) is 5.69 Å². The second kappa shape index (κ2) is 8.64. The van der Waals surface area contributed by atoms with Crippen LogP contribution in [-0.2, 0) is 0 Å². The Bertz CT molecular complexity index is 1040. The van der Waals surface area contributed by atoms with Crippen molar-refractivity contribution in [1.29, 1.82) is 0 Å². The number of nitrogens with zero attached hydrogens (tertiary/aromatic N) is 1. The first-order valence-corrected chi connectivity index (χ1v) is 9.54. The van der Waals surface area contributed by atoms with E-state index in [-0.39, 0.29) is 26.3 Å². The van der Waals surface area contributed by atoms with Crippen molar-refractivity contribution in [3.63, 3.8) is 0 Å². The SMILES string of the molecule is O=C(NC(=O)c1ccccc1Cl)Nc1cc(Cl)c(-n2cc(Cl)c(Cl)c2)c(Cl)c1. The molecule has 10 heteroatoms. The lowest BCUT2D eigenvalue weighted by atomic mass is 10.2. The predicted molar refractivity (Wildman–Crippen MR) is 114 cm³/mol. The molecule has 0 aliphatic rings. The van der Waals surface area contributed by atoms with Gasteiger partial charge < -0.3 is 9.88 Å². The van der Waals surface area contributed by atoms with Crippen LogP contribution in [0.4, 0.5) is 10.5 Å². The normalized spacial score (nSPS) is 10.6. The summed E-state index contributed by atoms with van der Waals surface area (Å²) in [4.78, 5) is 24.3. The molecule has 2 aromatic carbocycles. The summed E-state index contributed by atoms with van der Waals surface area (Å²) in [7, 11) is 0. The molecule has 0 fully saturated rings. The van der Waals surface area contributed by atoms with Crippen LogP contribution >= 0.6 is 58.0 Å². The molecule has 3 aromatic rings. The van der Waals surface area contributed by atoms with Crippen molar-refractivity contribution in [3.05, 3.63) is 79.5 Å². The maximum atomic E-state index is 12.1. The molecule has 0 unspecified atom stereocenters. The largest absolute Gasteiger partial charge is 0.326 e. The molecule has 3 amide bonds. The summed E-state index contributed by atoms with van der Waals surface area (Å²) >= 11 is 30.4. The van der Waals surface area contributed by atoms with Crippen molar-refractivity contribution in [2.24, 2.45) is 0 Å². The summed E-state index contributed by atoms with van der Waals surface area (Å²) in [6.45, 7) is 0. The molecular formula is C18H10Cl5N3O2. The summed E-state index contributed by atoms with van der Waals surface area (Å²) in [5, 5.41) is 6.07. The minimum atomic E-state index is -0.767. The maximum absolute atomic E-state index is 12.1. The topological polar surface area (TPSA) is 63.1 Å². The molecule has 0 bridgehead atoms. The van der Waals surface area contributed by atoms with Gasteiger partial charge in [0.15, 0.2) is 0 Å². The standard InChI is InChI=1S/C18H10Cl5N3O2/c19-11-4-2-1-3-10(11)17(27)25-18(28)24-9-5-12(20)16(13(21)6-9)26-7-14(22)15(23)8-26/h1-8H,(H2,24,25,27,28). The first-order chi connectivity index (χ1) is 13.3. The van der Waals surface area contributed by atoms with Crippen LogP contribution in [0.2, 0.25) is 25.1 Å². The average molecular weight is 478 g/mol. The van der Waals surface area contributed by atoms with E-state index in [0.717, 1.165) is 0 Å². The van der Waals surface area contributed by atoms with Gasteiger partial charge >= 0.3 is 6.03 Å². The number of aromatic nitrogens is 1. The minimum absolute atomic E-state index is 0.173. The maximum Gasteiger partial charge on any atom is 0.326 e. The van der Waals surface area contributed by atoms with Gasteiger partial charge in [-0.1, -0.05) is 70.1 Å². The number of anilines is 1. The number of benzene rings is 2. The molecule has 0 aliphatic carbocycles. The van der Waals surface area contributed by atoms with E-state index in [1.54, 1.807) is 35.2 Å².